The fourth-order valence-corrected chi connectivity index (χ4v) is 1.67. The second kappa shape index (κ2) is 4.21. The summed E-state index contributed by atoms with van der Waals surface area (Å²) >= 11 is 1.38. The summed E-state index contributed by atoms with van der Waals surface area (Å²) in [6.07, 6.45) is 0.543. The highest BCUT2D eigenvalue weighted by Gasteiger charge is 2.07. The molecule has 64 valence electrons. The van der Waals surface area contributed by atoms with Crippen molar-refractivity contribution in [2.45, 2.75) is 12.5 Å². The zero-order valence-electron chi connectivity index (χ0n) is 6.53. The van der Waals surface area contributed by atoms with Crippen LogP contribution in [0, 0.1) is 11.3 Å². The molecule has 0 radical (unpaired) electrons. The monoisotopic (exact) mass is 182 g/mol. The van der Waals surface area contributed by atoms with E-state index in [2.05, 4.69) is 0 Å². The van der Waals surface area contributed by atoms with Crippen molar-refractivity contribution in [3.8, 4) is 6.07 Å². The molecule has 1 atom stereocenters. The van der Waals surface area contributed by atoms with Crippen molar-refractivity contribution >= 4 is 11.3 Å². The van der Waals surface area contributed by atoms with Crippen molar-refractivity contribution in [3.63, 3.8) is 0 Å². The van der Waals surface area contributed by atoms with E-state index in [1.807, 2.05) is 11.4 Å². The summed E-state index contributed by atoms with van der Waals surface area (Å²) in [5.74, 6) is 0. The lowest BCUT2D eigenvalue weighted by molar-refractivity contribution is 0.276. The first-order chi connectivity index (χ1) is 5.77. The van der Waals surface area contributed by atoms with Gasteiger partial charge in [0.05, 0.1) is 0 Å². The maximum absolute atomic E-state index is 8.62. The number of hydrogen-bond acceptors (Lipinski definition) is 4. The lowest BCUT2D eigenvalue weighted by atomic mass is 10.1. The number of nitrogens with two attached hydrogens (primary N) is 1. The zero-order chi connectivity index (χ0) is 8.97. The van der Waals surface area contributed by atoms with Gasteiger partial charge in [-0.05, 0) is 23.4 Å². The summed E-state index contributed by atoms with van der Waals surface area (Å²) in [6, 6.07) is 3.67. The Morgan fingerprint density at radius 2 is 2.50 bits per heavy atom. The largest absolute Gasteiger partial charge is 0.396 e. The Morgan fingerprint density at radius 1 is 1.75 bits per heavy atom. The molecule has 0 amide bonds. The van der Waals surface area contributed by atoms with E-state index < -0.39 is 0 Å². The predicted molar refractivity (Wildman–Crippen MR) is 47.7 cm³/mol. The highest BCUT2D eigenvalue weighted by atomic mass is 32.1. The molecule has 1 heterocycles. The molecule has 0 bridgehead atoms. The predicted octanol–water partition coefficient (Wildman–Crippen LogP) is 1.00. The average molecular weight is 182 g/mol. The van der Waals surface area contributed by atoms with Gasteiger partial charge in [-0.2, -0.15) is 5.26 Å². The van der Waals surface area contributed by atoms with Gasteiger partial charge in [0.15, 0.2) is 0 Å². The Hall–Kier alpha value is -0.890. The van der Waals surface area contributed by atoms with Gasteiger partial charge in [0.25, 0.3) is 0 Å². The number of thiophene rings is 1. The molecule has 12 heavy (non-hydrogen) atoms. The van der Waals surface area contributed by atoms with Gasteiger partial charge >= 0.3 is 0 Å². The van der Waals surface area contributed by atoms with E-state index in [1.54, 1.807) is 6.07 Å². The first-order valence-corrected chi connectivity index (χ1v) is 4.51. The average Bonchev–Trinajstić information content (AvgIpc) is 2.52. The normalized spacial score (nSPS) is 12.4. The second-order valence-corrected chi connectivity index (χ2v) is 3.39. The summed E-state index contributed by atoms with van der Waals surface area (Å²) in [6.45, 7) is 0.0822. The van der Waals surface area contributed by atoms with Crippen LogP contribution in [0.25, 0.3) is 0 Å². The van der Waals surface area contributed by atoms with Gasteiger partial charge in [-0.3, -0.25) is 0 Å². The maximum atomic E-state index is 8.62. The van der Waals surface area contributed by atoms with Crippen LogP contribution in [0.2, 0.25) is 0 Å². The molecule has 3 N–H and O–H groups in total. The summed E-state index contributed by atoms with van der Waals surface area (Å²) in [4.78, 5) is 0.665. The third-order valence-electron chi connectivity index (χ3n) is 1.60. The van der Waals surface area contributed by atoms with Crippen LogP contribution in [0.15, 0.2) is 11.4 Å². The molecule has 0 fully saturated rings. The number of aliphatic hydroxyl groups excluding tert-OH is 1. The van der Waals surface area contributed by atoms with Crippen LogP contribution in [0.5, 0.6) is 0 Å². The van der Waals surface area contributed by atoms with Gasteiger partial charge in [0.1, 0.15) is 10.9 Å². The number of rotatable bonds is 3. The van der Waals surface area contributed by atoms with Gasteiger partial charge in [-0.25, -0.2) is 0 Å². The highest BCUT2D eigenvalue weighted by Crippen LogP contribution is 2.20. The molecule has 4 heteroatoms. The van der Waals surface area contributed by atoms with Crippen molar-refractivity contribution in [2.75, 3.05) is 6.61 Å². The molecule has 1 aromatic heterocycles. The molecular weight excluding hydrogens is 172 g/mol. The topological polar surface area (TPSA) is 70.0 Å². The lowest BCUT2D eigenvalue weighted by Crippen LogP contribution is -2.10. The van der Waals surface area contributed by atoms with Gasteiger partial charge in [-0.1, -0.05) is 0 Å². The third-order valence-corrected chi connectivity index (χ3v) is 2.45. The molecule has 1 unspecified atom stereocenters. The van der Waals surface area contributed by atoms with E-state index in [1.165, 1.54) is 11.3 Å². The van der Waals surface area contributed by atoms with Crippen molar-refractivity contribution in [1.82, 2.24) is 0 Å². The molecule has 0 aromatic carbocycles. The van der Waals surface area contributed by atoms with Gasteiger partial charge in [0.2, 0.25) is 0 Å². The molecule has 0 aliphatic carbocycles. The van der Waals surface area contributed by atoms with Crippen LogP contribution in [-0.4, -0.2) is 11.7 Å². The van der Waals surface area contributed by atoms with E-state index in [0.717, 1.165) is 5.56 Å². The van der Waals surface area contributed by atoms with Crippen LogP contribution >= 0.6 is 11.3 Å². The Balaban J connectivity index is 2.69. The van der Waals surface area contributed by atoms with Crippen LogP contribution in [-0.2, 0) is 0 Å². The molecule has 1 rings (SSSR count). The first kappa shape index (κ1) is 9.20. The molecule has 0 aliphatic heterocycles. The molecule has 3 nitrogen and oxygen atoms in total. The number of nitrogens with zero attached hydrogens (tertiary/aromatic N) is 1. The fourth-order valence-electron chi connectivity index (χ4n) is 0.910. The van der Waals surface area contributed by atoms with Gasteiger partial charge < -0.3 is 10.8 Å². The number of aliphatic hydroxyl groups is 1. The minimum absolute atomic E-state index is 0.0822. The Kier molecular flexibility index (Phi) is 3.23. The number of nitriles is 1. The Bertz CT molecular complexity index is 289. The minimum atomic E-state index is -0.145. The van der Waals surface area contributed by atoms with Crippen LogP contribution in [0.1, 0.15) is 22.9 Å². The van der Waals surface area contributed by atoms with Crippen molar-refractivity contribution in [1.29, 1.82) is 5.26 Å². The van der Waals surface area contributed by atoms with Crippen LogP contribution in [0.4, 0.5) is 0 Å². The van der Waals surface area contributed by atoms with Crippen molar-refractivity contribution in [2.24, 2.45) is 5.73 Å². The molecule has 1 aromatic rings. The fraction of sp³-hybridized carbons (Fsp3) is 0.375. The molecule has 0 aliphatic rings. The van der Waals surface area contributed by atoms with Crippen molar-refractivity contribution in [3.05, 3.63) is 21.9 Å². The zero-order valence-corrected chi connectivity index (χ0v) is 7.34. The van der Waals surface area contributed by atoms with E-state index in [0.29, 0.717) is 11.3 Å². The summed E-state index contributed by atoms with van der Waals surface area (Å²) in [5, 5.41) is 19.0. The first-order valence-electron chi connectivity index (χ1n) is 3.63. The van der Waals surface area contributed by atoms with E-state index in [9.17, 15) is 0 Å². The lowest BCUT2D eigenvalue weighted by Gasteiger charge is -2.05. The van der Waals surface area contributed by atoms with Gasteiger partial charge in [-0.15, -0.1) is 11.3 Å². The van der Waals surface area contributed by atoms with E-state index in [4.69, 9.17) is 16.1 Å². The summed E-state index contributed by atoms with van der Waals surface area (Å²) in [7, 11) is 0. The smallest absolute Gasteiger partial charge is 0.110 e. The van der Waals surface area contributed by atoms with Crippen LogP contribution in [0.3, 0.4) is 0 Å². The SMILES string of the molecule is N#Cc1cc(C(N)CCO)cs1. The third kappa shape index (κ3) is 2.05. The van der Waals surface area contributed by atoms with Crippen LogP contribution < -0.4 is 5.73 Å². The maximum Gasteiger partial charge on any atom is 0.110 e. The highest BCUT2D eigenvalue weighted by molar-refractivity contribution is 7.10. The Morgan fingerprint density at radius 3 is 3.00 bits per heavy atom. The molecular formula is C8H10N2OS. The summed E-state index contributed by atoms with van der Waals surface area (Å²) < 4.78 is 0. The molecule has 0 spiro atoms. The van der Waals surface area contributed by atoms with E-state index >= 15 is 0 Å². The molecule has 0 saturated heterocycles. The quantitative estimate of drug-likeness (QED) is 0.732. The number of hydrogen-bond donors (Lipinski definition) is 2. The van der Waals surface area contributed by atoms with E-state index in [-0.39, 0.29) is 12.6 Å². The second-order valence-electron chi connectivity index (χ2n) is 2.47. The molecule has 0 saturated carbocycles. The Labute approximate surface area is 75.1 Å². The van der Waals surface area contributed by atoms with Crippen molar-refractivity contribution < 1.29 is 5.11 Å². The van der Waals surface area contributed by atoms with Gasteiger partial charge in [0, 0.05) is 12.6 Å². The standard InChI is InChI=1S/C8H10N2OS/c9-4-7-3-6(5-12-7)8(10)1-2-11/h3,5,8,11H,1-2,10H2. The minimum Gasteiger partial charge on any atom is -0.396 e. The summed E-state index contributed by atoms with van der Waals surface area (Å²) in [5.41, 5.74) is 6.65.